The fourth-order valence-electron chi connectivity index (χ4n) is 1.73. The van der Waals surface area contributed by atoms with Gasteiger partial charge in [-0.1, -0.05) is 30.4 Å². The molecular formula is C17H20N2O. The van der Waals surface area contributed by atoms with Crippen molar-refractivity contribution in [3.63, 3.8) is 0 Å². The van der Waals surface area contributed by atoms with Crippen molar-refractivity contribution in [3.05, 3.63) is 60.4 Å². The summed E-state index contributed by atoms with van der Waals surface area (Å²) in [6.45, 7) is 2.15. The Morgan fingerprint density at radius 1 is 1.20 bits per heavy atom. The van der Waals surface area contributed by atoms with Gasteiger partial charge in [0.05, 0.1) is 6.20 Å². The van der Waals surface area contributed by atoms with Crippen molar-refractivity contribution >= 4 is 6.08 Å². The van der Waals surface area contributed by atoms with E-state index < -0.39 is 0 Å². The molecule has 20 heavy (non-hydrogen) atoms. The number of hydrogen-bond donors (Lipinski definition) is 1. The lowest BCUT2D eigenvalue weighted by molar-refractivity contribution is 0.480. The second-order valence-electron chi connectivity index (χ2n) is 4.70. The van der Waals surface area contributed by atoms with Crippen LogP contribution in [-0.2, 0) is 0 Å². The van der Waals surface area contributed by atoms with Crippen LogP contribution in [0.4, 0.5) is 0 Å². The molecule has 104 valence electrons. The Morgan fingerprint density at radius 2 is 2.00 bits per heavy atom. The summed E-state index contributed by atoms with van der Waals surface area (Å²) in [5, 5.41) is 3.20. The predicted octanol–water partition coefficient (Wildman–Crippen LogP) is 3.89. The van der Waals surface area contributed by atoms with Gasteiger partial charge in [-0.3, -0.25) is 4.98 Å². The monoisotopic (exact) mass is 268 g/mol. The molecule has 0 fully saturated rings. The van der Waals surface area contributed by atoms with Crippen molar-refractivity contribution < 1.29 is 4.74 Å². The normalized spacial score (nSPS) is 12.5. The van der Waals surface area contributed by atoms with E-state index in [1.54, 1.807) is 6.20 Å². The Labute approximate surface area is 120 Å². The van der Waals surface area contributed by atoms with E-state index in [4.69, 9.17) is 4.74 Å². The fraction of sp³-hybridized carbons (Fsp3) is 0.235. The molecule has 0 aliphatic rings. The summed E-state index contributed by atoms with van der Waals surface area (Å²) in [4.78, 5) is 4.21. The van der Waals surface area contributed by atoms with E-state index in [-0.39, 0.29) is 0 Å². The molecule has 1 heterocycles. The van der Waals surface area contributed by atoms with Gasteiger partial charge in [0.1, 0.15) is 11.5 Å². The Morgan fingerprint density at radius 3 is 2.75 bits per heavy atom. The molecule has 1 aromatic heterocycles. The summed E-state index contributed by atoms with van der Waals surface area (Å²) >= 11 is 0. The molecule has 1 aromatic carbocycles. The van der Waals surface area contributed by atoms with Gasteiger partial charge in [-0.15, -0.1) is 0 Å². The Hall–Kier alpha value is -2.13. The van der Waals surface area contributed by atoms with Gasteiger partial charge in [0.2, 0.25) is 0 Å². The Bertz CT molecular complexity index is 552. The summed E-state index contributed by atoms with van der Waals surface area (Å²) < 4.78 is 5.76. The summed E-state index contributed by atoms with van der Waals surface area (Å²) in [6.07, 6.45) is 8.75. The zero-order valence-corrected chi connectivity index (χ0v) is 11.9. The third-order valence-corrected chi connectivity index (χ3v) is 3.01. The zero-order chi connectivity index (χ0) is 14.2. The molecule has 2 aromatic rings. The van der Waals surface area contributed by atoms with Crippen LogP contribution in [0, 0.1) is 0 Å². The molecule has 0 radical (unpaired) electrons. The van der Waals surface area contributed by atoms with Crippen LogP contribution in [0.5, 0.6) is 11.5 Å². The van der Waals surface area contributed by atoms with E-state index in [0.717, 1.165) is 23.5 Å². The van der Waals surface area contributed by atoms with E-state index >= 15 is 0 Å². The SMILES string of the molecule is CNC(C)CC=Cc1cncc(Oc2ccccc2)c1. The van der Waals surface area contributed by atoms with Crippen LogP contribution in [0.2, 0.25) is 0 Å². The number of hydrogen-bond acceptors (Lipinski definition) is 3. The van der Waals surface area contributed by atoms with Gasteiger partial charge in [0.25, 0.3) is 0 Å². The fourth-order valence-corrected chi connectivity index (χ4v) is 1.73. The second kappa shape index (κ2) is 7.46. The predicted molar refractivity (Wildman–Crippen MR) is 82.9 cm³/mol. The average molecular weight is 268 g/mol. The first-order chi connectivity index (χ1) is 9.78. The summed E-state index contributed by atoms with van der Waals surface area (Å²) in [5.41, 5.74) is 1.04. The molecule has 0 saturated heterocycles. The molecule has 3 heteroatoms. The third-order valence-electron chi connectivity index (χ3n) is 3.01. The minimum absolute atomic E-state index is 0.475. The van der Waals surface area contributed by atoms with Crippen molar-refractivity contribution in [3.8, 4) is 11.5 Å². The van der Waals surface area contributed by atoms with Gasteiger partial charge >= 0.3 is 0 Å². The van der Waals surface area contributed by atoms with E-state index in [0.29, 0.717) is 6.04 Å². The first-order valence-corrected chi connectivity index (χ1v) is 6.79. The largest absolute Gasteiger partial charge is 0.456 e. The maximum absolute atomic E-state index is 5.76. The maximum atomic E-state index is 5.76. The number of rotatable bonds is 6. The van der Waals surface area contributed by atoms with Gasteiger partial charge in [0, 0.05) is 12.2 Å². The van der Waals surface area contributed by atoms with Crippen LogP contribution in [0.15, 0.2) is 54.9 Å². The smallest absolute Gasteiger partial charge is 0.146 e. The molecule has 0 aliphatic heterocycles. The van der Waals surface area contributed by atoms with Gasteiger partial charge in [-0.2, -0.15) is 0 Å². The molecule has 0 saturated carbocycles. The number of para-hydroxylation sites is 1. The Kier molecular flexibility index (Phi) is 5.33. The number of aromatic nitrogens is 1. The van der Waals surface area contributed by atoms with Crippen LogP contribution >= 0.6 is 0 Å². The lowest BCUT2D eigenvalue weighted by Crippen LogP contribution is -2.19. The third kappa shape index (κ3) is 4.52. The average Bonchev–Trinajstić information content (AvgIpc) is 2.48. The van der Waals surface area contributed by atoms with Crippen molar-refractivity contribution in [2.24, 2.45) is 0 Å². The number of nitrogens with zero attached hydrogens (tertiary/aromatic N) is 1. The molecule has 0 amide bonds. The standard InChI is InChI=1S/C17H20N2O/c1-14(18-2)7-6-8-15-11-17(13-19-12-15)20-16-9-4-3-5-10-16/h3-6,8-14,18H,7H2,1-2H3. The van der Waals surface area contributed by atoms with Crippen molar-refractivity contribution in [2.45, 2.75) is 19.4 Å². The highest BCUT2D eigenvalue weighted by Crippen LogP contribution is 2.21. The Balaban J connectivity index is 2.01. The minimum Gasteiger partial charge on any atom is -0.456 e. The highest BCUT2D eigenvalue weighted by atomic mass is 16.5. The van der Waals surface area contributed by atoms with Crippen molar-refractivity contribution in [2.75, 3.05) is 7.05 Å². The maximum Gasteiger partial charge on any atom is 0.146 e. The summed E-state index contributed by atoms with van der Waals surface area (Å²) in [6, 6.07) is 12.2. The summed E-state index contributed by atoms with van der Waals surface area (Å²) in [5.74, 6) is 1.57. The van der Waals surface area contributed by atoms with E-state index in [1.165, 1.54) is 0 Å². The van der Waals surface area contributed by atoms with Crippen LogP contribution in [0.1, 0.15) is 18.9 Å². The van der Waals surface area contributed by atoms with Gasteiger partial charge in [-0.25, -0.2) is 0 Å². The molecule has 0 aliphatic carbocycles. The number of benzene rings is 1. The highest BCUT2D eigenvalue weighted by Gasteiger charge is 1.98. The van der Waals surface area contributed by atoms with E-state index in [9.17, 15) is 0 Å². The molecule has 2 rings (SSSR count). The van der Waals surface area contributed by atoms with Crippen LogP contribution in [0.3, 0.4) is 0 Å². The lowest BCUT2D eigenvalue weighted by atomic mass is 10.2. The number of ether oxygens (including phenoxy) is 1. The van der Waals surface area contributed by atoms with E-state index in [1.807, 2.05) is 49.6 Å². The molecule has 3 nitrogen and oxygen atoms in total. The minimum atomic E-state index is 0.475. The van der Waals surface area contributed by atoms with Crippen molar-refractivity contribution in [1.82, 2.24) is 10.3 Å². The molecule has 0 spiro atoms. The highest BCUT2D eigenvalue weighted by molar-refractivity contribution is 5.50. The molecule has 1 N–H and O–H groups in total. The topological polar surface area (TPSA) is 34.2 Å². The van der Waals surface area contributed by atoms with Crippen LogP contribution in [-0.4, -0.2) is 18.1 Å². The molecule has 0 bridgehead atoms. The molecule has 1 atom stereocenters. The van der Waals surface area contributed by atoms with Crippen molar-refractivity contribution in [1.29, 1.82) is 0 Å². The first-order valence-electron chi connectivity index (χ1n) is 6.79. The molecule has 1 unspecified atom stereocenters. The van der Waals surface area contributed by atoms with Gasteiger partial charge in [0.15, 0.2) is 0 Å². The van der Waals surface area contributed by atoms with Gasteiger partial charge in [-0.05, 0) is 44.2 Å². The number of nitrogens with one attached hydrogen (secondary N) is 1. The second-order valence-corrected chi connectivity index (χ2v) is 4.70. The van der Waals surface area contributed by atoms with Crippen LogP contribution in [0.25, 0.3) is 6.08 Å². The summed E-state index contributed by atoms with van der Waals surface area (Å²) in [7, 11) is 1.97. The first kappa shape index (κ1) is 14.3. The van der Waals surface area contributed by atoms with Gasteiger partial charge < -0.3 is 10.1 Å². The lowest BCUT2D eigenvalue weighted by Gasteiger charge is -2.06. The zero-order valence-electron chi connectivity index (χ0n) is 11.9. The molecular weight excluding hydrogens is 248 g/mol. The number of pyridine rings is 1. The quantitative estimate of drug-likeness (QED) is 0.863. The van der Waals surface area contributed by atoms with Crippen LogP contribution < -0.4 is 10.1 Å². The van der Waals surface area contributed by atoms with E-state index in [2.05, 4.69) is 29.4 Å².